The first-order valence-corrected chi connectivity index (χ1v) is 9.34. The zero-order chi connectivity index (χ0) is 21.5. The highest BCUT2D eigenvalue weighted by atomic mass is 16.5. The van der Waals surface area contributed by atoms with Crippen molar-refractivity contribution in [2.24, 2.45) is 12.0 Å². The number of pyridine rings is 1. The number of ether oxygens (including phenoxy) is 1. The molecule has 3 aromatic rings. The van der Waals surface area contributed by atoms with E-state index in [-0.39, 0.29) is 5.71 Å². The molecule has 1 N–H and O–H groups in total. The Morgan fingerprint density at radius 3 is 2.77 bits per heavy atom. The standard InChI is InChI=1S/C23H23N5O2/c1-5-18(16-10-9-11-17(14-16)30-4)25-19(6-2)23(29)26-21-15-28(3)27-22(21)20-12-7-8-13-24-20/h5-15H,2H2,1,3-4H3,(H,26,29)/b18-5-,25-19+. The van der Waals surface area contributed by atoms with Crippen LogP contribution in [-0.4, -0.2) is 33.5 Å². The summed E-state index contributed by atoms with van der Waals surface area (Å²) in [7, 11) is 3.39. The number of rotatable bonds is 7. The minimum Gasteiger partial charge on any atom is -0.497 e. The summed E-state index contributed by atoms with van der Waals surface area (Å²) in [4.78, 5) is 21.7. The highest BCUT2D eigenvalue weighted by molar-refractivity contribution is 6.47. The number of nitrogens with one attached hydrogen (secondary N) is 1. The number of aryl methyl sites for hydroxylation is 1. The van der Waals surface area contributed by atoms with Crippen LogP contribution in [-0.2, 0) is 11.8 Å². The lowest BCUT2D eigenvalue weighted by Gasteiger charge is -2.08. The van der Waals surface area contributed by atoms with E-state index in [4.69, 9.17) is 4.74 Å². The summed E-state index contributed by atoms with van der Waals surface area (Å²) >= 11 is 0. The zero-order valence-corrected chi connectivity index (χ0v) is 17.2. The molecule has 7 heteroatoms. The molecule has 2 heterocycles. The third-order valence-electron chi connectivity index (χ3n) is 4.29. The second-order valence-corrected chi connectivity index (χ2v) is 6.34. The zero-order valence-electron chi connectivity index (χ0n) is 17.2. The van der Waals surface area contributed by atoms with Crippen LogP contribution in [0, 0.1) is 0 Å². The van der Waals surface area contributed by atoms with E-state index in [1.165, 1.54) is 6.08 Å². The molecule has 0 aliphatic rings. The van der Waals surface area contributed by atoms with Gasteiger partial charge in [0.15, 0.2) is 0 Å². The fourth-order valence-electron chi connectivity index (χ4n) is 2.86. The maximum atomic E-state index is 12.9. The van der Waals surface area contributed by atoms with Crippen LogP contribution < -0.4 is 10.1 Å². The first kappa shape index (κ1) is 20.7. The third kappa shape index (κ3) is 4.70. The molecule has 0 radical (unpaired) electrons. The molecule has 0 aliphatic carbocycles. The number of aromatic nitrogens is 3. The maximum Gasteiger partial charge on any atom is 0.274 e. The molecule has 152 valence electrons. The van der Waals surface area contributed by atoms with E-state index in [2.05, 4.69) is 27.0 Å². The minimum absolute atomic E-state index is 0.182. The number of anilines is 1. The van der Waals surface area contributed by atoms with Gasteiger partial charge >= 0.3 is 0 Å². The molecule has 0 unspecified atom stereocenters. The summed E-state index contributed by atoms with van der Waals surface area (Å²) in [6.45, 7) is 5.61. The quantitative estimate of drug-likeness (QED) is 0.604. The van der Waals surface area contributed by atoms with Crippen LogP contribution in [0.3, 0.4) is 0 Å². The second-order valence-electron chi connectivity index (χ2n) is 6.34. The Labute approximate surface area is 175 Å². The van der Waals surface area contributed by atoms with Gasteiger partial charge in [0.25, 0.3) is 5.91 Å². The van der Waals surface area contributed by atoms with Gasteiger partial charge in [0.2, 0.25) is 0 Å². The molecule has 0 saturated heterocycles. The summed E-state index contributed by atoms with van der Waals surface area (Å²) in [5.74, 6) is 0.319. The van der Waals surface area contributed by atoms with Gasteiger partial charge in [-0.1, -0.05) is 30.9 Å². The Bertz CT molecular complexity index is 1110. The van der Waals surface area contributed by atoms with Crippen molar-refractivity contribution in [3.63, 3.8) is 0 Å². The van der Waals surface area contributed by atoms with E-state index in [9.17, 15) is 4.79 Å². The topological polar surface area (TPSA) is 81.4 Å². The molecule has 0 saturated carbocycles. The van der Waals surface area contributed by atoms with Crippen LogP contribution in [0.2, 0.25) is 0 Å². The van der Waals surface area contributed by atoms with Gasteiger partial charge in [-0.3, -0.25) is 14.5 Å². The number of methoxy groups -OCH3 is 1. The first-order chi connectivity index (χ1) is 14.5. The summed E-state index contributed by atoms with van der Waals surface area (Å²) in [5, 5.41) is 7.28. The molecule has 3 rings (SSSR count). The number of carbonyl (C=O) groups excluding carboxylic acids is 1. The van der Waals surface area contributed by atoms with E-state index < -0.39 is 5.91 Å². The van der Waals surface area contributed by atoms with Crippen LogP contribution in [0.5, 0.6) is 5.75 Å². The molecule has 30 heavy (non-hydrogen) atoms. The molecule has 7 nitrogen and oxygen atoms in total. The predicted octanol–water partition coefficient (Wildman–Crippen LogP) is 4.12. The van der Waals surface area contributed by atoms with Gasteiger partial charge in [0, 0.05) is 25.0 Å². The Morgan fingerprint density at radius 2 is 2.10 bits per heavy atom. The van der Waals surface area contributed by atoms with Gasteiger partial charge in [-0.25, -0.2) is 4.99 Å². The average Bonchev–Trinajstić information content (AvgIpc) is 3.15. The van der Waals surface area contributed by atoms with Crippen LogP contribution >= 0.6 is 0 Å². The summed E-state index contributed by atoms with van der Waals surface area (Å²) in [5.41, 5.74) is 3.43. The average molecular weight is 401 g/mol. The van der Waals surface area contributed by atoms with E-state index in [1.807, 2.05) is 55.5 Å². The Hall–Kier alpha value is -4.00. The Balaban J connectivity index is 1.89. The number of hydrogen-bond donors (Lipinski definition) is 1. The molecule has 1 aromatic carbocycles. The Kier molecular flexibility index (Phi) is 6.54. The lowest BCUT2D eigenvalue weighted by molar-refractivity contribution is -0.110. The van der Waals surface area contributed by atoms with E-state index >= 15 is 0 Å². The highest BCUT2D eigenvalue weighted by Gasteiger charge is 2.16. The molecular weight excluding hydrogens is 378 g/mol. The van der Waals surface area contributed by atoms with Crippen molar-refractivity contribution < 1.29 is 9.53 Å². The van der Waals surface area contributed by atoms with E-state index in [0.717, 1.165) is 5.56 Å². The number of nitrogens with zero attached hydrogens (tertiary/aromatic N) is 4. The third-order valence-corrected chi connectivity index (χ3v) is 4.29. The van der Waals surface area contributed by atoms with Gasteiger partial charge in [0.05, 0.1) is 24.2 Å². The summed E-state index contributed by atoms with van der Waals surface area (Å²) in [6, 6.07) is 13.0. The van der Waals surface area contributed by atoms with E-state index in [0.29, 0.717) is 28.5 Å². The van der Waals surface area contributed by atoms with Crippen molar-refractivity contribution in [3.8, 4) is 17.1 Å². The fourth-order valence-corrected chi connectivity index (χ4v) is 2.86. The van der Waals surface area contributed by atoms with Crippen molar-refractivity contribution in [3.05, 3.63) is 79.2 Å². The fraction of sp³-hybridized carbons (Fsp3) is 0.130. The van der Waals surface area contributed by atoms with Crippen LogP contribution in [0.25, 0.3) is 17.1 Å². The summed E-state index contributed by atoms with van der Waals surface area (Å²) in [6.07, 6.45) is 6.66. The number of aliphatic imine (C=N–C) groups is 1. The number of hydrogen-bond acceptors (Lipinski definition) is 5. The first-order valence-electron chi connectivity index (χ1n) is 9.34. The molecule has 0 fully saturated rings. The smallest absolute Gasteiger partial charge is 0.274 e. The van der Waals surface area contributed by atoms with Gasteiger partial charge in [-0.05, 0) is 37.3 Å². The lowest BCUT2D eigenvalue weighted by atomic mass is 10.1. The number of allylic oxidation sites excluding steroid dienone is 1. The van der Waals surface area contributed by atoms with E-state index in [1.54, 1.807) is 31.2 Å². The van der Waals surface area contributed by atoms with Crippen molar-refractivity contribution in [2.75, 3.05) is 12.4 Å². The molecule has 0 aliphatic heterocycles. The largest absolute Gasteiger partial charge is 0.497 e. The van der Waals surface area contributed by atoms with Crippen LogP contribution in [0.15, 0.2) is 78.6 Å². The number of benzene rings is 1. The van der Waals surface area contributed by atoms with Crippen molar-refractivity contribution in [1.29, 1.82) is 0 Å². The highest BCUT2D eigenvalue weighted by Crippen LogP contribution is 2.25. The minimum atomic E-state index is -0.391. The predicted molar refractivity (Wildman–Crippen MR) is 119 cm³/mol. The van der Waals surface area contributed by atoms with Gasteiger partial charge < -0.3 is 10.1 Å². The normalized spacial score (nSPS) is 11.8. The SMILES string of the molecule is C=C/C(=N\C(=C/C)c1cccc(OC)c1)C(=O)Nc1cn(C)nc1-c1ccccn1. The number of carbonyl (C=O) groups is 1. The number of amides is 1. The molecule has 0 atom stereocenters. The van der Waals surface area contributed by atoms with Crippen molar-refractivity contribution >= 4 is 23.0 Å². The second kappa shape index (κ2) is 9.47. The Morgan fingerprint density at radius 1 is 1.27 bits per heavy atom. The molecule has 0 bridgehead atoms. The van der Waals surface area contributed by atoms with Gasteiger partial charge in [-0.15, -0.1) is 0 Å². The monoisotopic (exact) mass is 401 g/mol. The van der Waals surface area contributed by atoms with Gasteiger partial charge in [0.1, 0.15) is 17.2 Å². The van der Waals surface area contributed by atoms with Crippen molar-refractivity contribution in [1.82, 2.24) is 14.8 Å². The molecule has 1 amide bonds. The maximum absolute atomic E-state index is 12.9. The molecule has 0 spiro atoms. The molecular formula is C23H23N5O2. The van der Waals surface area contributed by atoms with Crippen molar-refractivity contribution in [2.45, 2.75) is 6.92 Å². The van der Waals surface area contributed by atoms with Crippen LogP contribution in [0.4, 0.5) is 5.69 Å². The van der Waals surface area contributed by atoms with Gasteiger partial charge in [-0.2, -0.15) is 5.10 Å². The summed E-state index contributed by atoms with van der Waals surface area (Å²) < 4.78 is 6.90. The molecule has 2 aromatic heterocycles. The lowest BCUT2D eigenvalue weighted by Crippen LogP contribution is -2.21. The van der Waals surface area contributed by atoms with Crippen LogP contribution in [0.1, 0.15) is 12.5 Å².